The van der Waals surface area contributed by atoms with Crippen molar-refractivity contribution in [3.05, 3.63) is 211 Å². The van der Waals surface area contributed by atoms with Gasteiger partial charge in [0, 0.05) is 21.9 Å². The van der Waals surface area contributed by atoms with Gasteiger partial charge in [-0.1, -0.05) is 177 Å². The zero-order valence-corrected chi connectivity index (χ0v) is 31.9. The molecule has 0 fully saturated rings. The van der Waals surface area contributed by atoms with Crippen molar-refractivity contribution in [2.45, 2.75) is 26.2 Å². The Bertz CT molecular complexity index is 2730. The van der Waals surface area contributed by atoms with Crippen molar-refractivity contribution in [3.63, 3.8) is 0 Å². The first-order valence-corrected chi connectivity index (χ1v) is 21.0. The van der Waals surface area contributed by atoms with E-state index in [-0.39, 0.29) is 5.41 Å². The van der Waals surface area contributed by atoms with E-state index in [4.69, 9.17) is 0 Å². The number of fused-ring (bicyclic) bond motifs is 6. The summed E-state index contributed by atoms with van der Waals surface area (Å²) in [6.45, 7) is 6.98. The molecule has 0 spiro atoms. The van der Waals surface area contributed by atoms with Gasteiger partial charge in [0.1, 0.15) is 0 Å². The van der Waals surface area contributed by atoms with Crippen LogP contribution < -0.4 is 20.7 Å². The molecule has 1 nitrogen and oxygen atoms in total. The molecule has 1 aliphatic carbocycles. The van der Waals surface area contributed by atoms with E-state index < -0.39 is 8.07 Å². The normalized spacial score (nSPS) is 13.2. The lowest BCUT2D eigenvalue weighted by atomic mass is 9.81. The maximum atomic E-state index is 2.57. The Balaban J connectivity index is 1.12. The summed E-state index contributed by atoms with van der Waals surface area (Å²) < 4.78 is 2.40. The van der Waals surface area contributed by atoms with Crippen LogP contribution in [0.15, 0.2) is 194 Å². The number of rotatable bonds is 6. The van der Waals surface area contributed by atoms with Crippen LogP contribution in [-0.4, -0.2) is 12.6 Å². The summed E-state index contributed by atoms with van der Waals surface area (Å²) >= 11 is 0. The van der Waals surface area contributed by atoms with Gasteiger partial charge in [0.05, 0.1) is 11.0 Å². The van der Waals surface area contributed by atoms with Crippen molar-refractivity contribution in [2.24, 2.45) is 0 Å². The Kier molecular flexibility index (Phi) is 7.47. The van der Waals surface area contributed by atoms with Crippen LogP contribution in [0, 0.1) is 6.92 Å². The highest BCUT2D eigenvalue weighted by molar-refractivity contribution is 7.19. The maximum absolute atomic E-state index is 2.65. The third kappa shape index (κ3) is 4.84. The minimum Gasteiger partial charge on any atom is -0.309 e. The minimum absolute atomic E-state index is 0.174. The summed E-state index contributed by atoms with van der Waals surface area (Å²) in [5, 5.41) is 8.17. The monoisotopic (exact) mass is 707 g/mol. The number of aryl methyl sites for hydroxylation is 1. The van der Waals surface area contributed by atoms with Crippen molar-refractivity contribution >= 4 is 50.6 Å². The smallest absolute Gasteiger partial charge is 0.179 e. The predicted molar refractivity (Wildman–Crippen MR) is 232 cm³/mol. The van der Waals surface area contributed by atoms with E-state index in [0.717, 1.165) is 0 Å². The lowest BCUT2D eigenvalue weighted by Crippen LogP contribution is -2.74. The van der Waals surface area contributed by atoms with Gasteiger partial charge in [-0.25, -0.2) is 0 Å². The van der Waals surface area contributed by atoms with Gasteiger partial charge in [0.2, 0.25) is 0 Å². The van der Waals surface area contributed by atoms with Crippen LogP contribution in [0.5, 0.6) is 0 Å². The number of aromatic nitrogens is 1. The molecule has 8 aromatic carbocycles. The standard InChI is InChI=1S/C52H41NSi/c1-36-23-27-39(28-24-36)53-50-22-14-13-21-46(50)47-33-37(26-32-51(47)53)38-25-30-44-45-31-29-43(35-49(45)52(2,3)48(44)34-38)54(40-15-7-4-8-16-40,41-17-9-5-10-18-41)42-19-11-6-12-20-42/h4-35H,1-3H3. The van der Waals surface area contributed by atoms with Gasteiger partial charge in [-0.15, -0.1) is 0 Å². The number of hydrogen-bond donors (Lipinski definition) is 0. The van der Waals surface area contributed by atoms with E-state index >= 15 is 0 Å². The van der Waals surface area contributed by atoms with E-state index in [2.05, 4.69) is 219 Å². The molecule has 0 aliphatic heterocycles. The molecule has 0 unspecified atom stereocenters. The summed E-state index contributed by atoms with van der Waals surface area (Å²) in [4.78, 5) is 0. The average molecular weight is 708 g/mol. The molecule has 0 amide bonds. The van der Waals surface area contributed by atoms with Gasteiger partial charge in [0.15, 0.2) is 8.07 Å². The van der Waals surface area contributed by atoms with Gasteiger partial charge in [0.25, 0.3) is 0 Å². The molecular weight excluding hydrogens is 667 g/mol. The first-order valence-electron chi connectivity index (χ1n) is 19.0. The van der Waals surface area contributed by atoms with Crippen LogP contribution in [-0.2, 0) is 5.41 Å². The maximum Gasteiger partial charge on any atom is 0.179 e. The molecule has 0 bridgehead atoms. The topological polar surface area (TPSA) is 4.93 Å². The molecule has 0 atom stereocenters. The van der Waals surface area contributed by atoms with E-state index in [0.29, 0.717) is 0 Å². The second-order valence-corrected chi connectivity index (χ2v) is 19.2. The van der Waals surface area contributed by atoms with Crippen molar-refractivity contribution < 1.29 is 0 Å². The van der Waals surface area contributed by atoms with Crippen molar-refractivity contribution in [3.8, 4) is 27.9 Å². The quantitative estimate of drug-likeness (QED) is 0.120. The van der Waals surface area contributed by atoms with Crippen LogP contribution in [0.25, 0.3) is 49.7 Å². The molecule has 1 aliphatic rings. The molecule has 54 heavy (non-hydrogen) atoms. The van der Waals surface area contributed by atoms with E-state index in [1.54, 1.807) is 0 Å². The Labute approximate surface area is 318 Å². The molecule has 0 saturated heterocycles. The summed E-state index contributed by atoms with van der Waals surface area (Å²) in [6, 6.07) is 73.0. The molecule has 0 saturated carbocycles. The highest BCUT2D eigenvalue weighted by Crippen LogP contribution is 2.49. The van der Waals surface area contributed by atoms with Crippen molar-refractivity contribution in [2.75, 3.05) is 0 Å². The highest BCUT2D eigenvalue weighted by Gasteiger charge is 2.44. The fraction of sp³-hybridized carbons (Fsp3) is 0.0769. The molecule has 1 heterocycles. The fourth-order valence-corrected chi connectivity index (χ4v) is 14.1. The van der Waals surface area contributed by atoms with Crippen LogP contribution in [0.3, 0.4) is 0 Å². The summed E-state index contributed by atoms with van der Waals surface area (Å²) in [5.41, 5.74) is 12.7. The Hall–Kier alpha value is -6.22. The lowest BCUT2D eigenvalue weighted by molar-refractivity contribution is 0.661. The summed E-state index contributed by atoms with van der Waals surface area (Å²) in [6.07, 6.45) is 0. The first kappa shape index (κ1) is 32.4. The van der Waals surface area contributed by atoms with E-state index in [1.165, 1.54) is 87.2 Å². The molecule has 258 valence electrons. The van der Waals surface area contributed by atoms with Gasteiger partial charge >= 0.3 is 0 Å². The predicted octanol–water partition coefficient (Wildman–Crippen LogP) is 10.4. The fourth-order valence-electron chi connectivity index (χ4n) is 9.34. The van der Waals surface area contributed by atoms with Gasteiger partial charge in [-0.2, -0.15) is 0 Å². The molecular formula is C52H41NSi. The van der Waals surface area contributed by atoms with Gasteiger partial charge < -0.3 is 4.57 Å². The third-order valence-corrected chi connectivity index (χ3v) is 16.8. The molecule has 2 heteroatoms. The SMILES string of the molecule is Cc1ccc(-n2c3ccccc3c3cc(-c4ccc5c(c4)C(C)(C)c4cc([Si](c6ccccc6)(c6ccccc6)c6ccccc6)ccc4-5)ccc32)cc1. The van der Waals surface area contributed by atoms with Crippen LogP contribution in [0.1, 0.15) is 30.5 Å². The largest absolute Gasteiger partial charge is 0.309 e. The minimum atomic E-state index is -2.65. The Morgan fingerprint density at radius 3 is 1.54 bits per heavy atom. The second-order valence-electron chi connectivity index (χ2n) is 15.4. The van der Waals surface area contributed by atoms with Crippen LogP contribution in [0.2, 0.25) is 0 Å². The Morgan fingerprint density at radius 2 is 0.907 bits per heavy atom. The van der Waals surface area contributed by atoms with Gasteiger partial charge in [-0.05, 0) is 97.4 Å². The lowest BCUT2D eigenvalue weighted by Gasteiger charge is -2.35. The van der Waals surface area contributed by atoms with Crippen LogP contribution >= 0.6 is 0 Å². The molecule has 1 aromatic heterocycles. The molecule has 10 rings (SSSR count). The van der Waals surface area contributed by atoms with Crippen LogP contribution in [0.4, 0.5) is 0 Å². The molecule has 9 aromatic rings. The van der Waals surface area contributed by atoms with Crippen molar-refractivity contribution in [1.82, 2.24) is 4.57 Å². The Morgan fingerprint density at radius 1 is 0.407 bits per heavy atom. The molecule has 0 radical (unpaired) electrons. The number of benzene rings is 8. The highest BCUT2D eigenvalue weighted by atomic mass is 28.3. The number of hydrogen-bond acceptors (Lipinski definition) is 0. The van der Waals surface area contributed by atoms with E-state index in [9.17, 15) is 0 Å². The molecule has 0 N–H and O–H groups in total. The summed E-state index contributed by atoms with van der Waals surface area (Å²) in [5.74, 6) is 0. The van der Waals surface area contributed by atoms with Crippen molar-refractivity contribution in [1.29, 1.82) is 0 Å². The number of nitrogens with zero attached hydrogens (tertiary/aromatic N) is 1. The number of para-hydroxylation sites is 1. The van der Waals surface area contributed by atoms with Gasteiger partial charge in [-0.3, -0.25) is 0 Å². The summed E-state index contributed by atoms with van der Waals surface area (Å²) in [7, 11) is -2.65. The average Bonchev–Trinajstić information content (AvgIpc) is 3.67. The third-order valence-electron chi connectivity index (χ3n) is 12.0. The van der Waals surface area contributed by atoms with E-state index in [1.807, 2.05) is 0 Å². The zero-order valence-electron chi connectivity index (χ0n) is 30.9. The first-order chi connectivity index (χ1) is 26.4. The second kappa shape index (κ2) is 12.4. The zero-order chi connectivity index (χ0) is 36.4.